The molecule has 0 aromatic heterocycles. The average molecular weight is 410 g/mol. The predicted octanol–water partition coefficient (Wildman–Crippen LogP) is 2.79. The molecule has 0 amide bonds. The maximum Gasteiger partial charge on any atom is 0.356 e. The first-order chi connectivity index (χ1) is 12.3. The summed E-state index contributed by atoms with van der Waals surface area (Å²) in [6, 6.07) is 9.48. The summed E-state index contributed by atoms with van der Waals surface area (Å²) in [4.78, 5) is 0. The molecule has 10 heteroatoms. The van der Waals surface area contributed by atoms with Crippen LogP contribution in [0.1, 0.15) is 19.4 Å². The maximum absolute atomic E-state index is 12.4. The molecule has 0 saturated heterocycles. The quantitative estimate of drug-likeness (QED) is 0.341. The van der Waals surface area contributed by atoms with E-state index in [4.69, 9.17) is 22.7 Å². The average Bonchev–Trinajstić information content (AvgIpc) is 2.57. The Labute approximate surface area is 155 Å². The Kier molecular flexibility index (Phi) is 10.6. The van der Waals surface area contributed by atoms with Crippen LogP contribution in [0.4, 0.5) is 0 Å². The molecule has 0 saturated carbocycles. The third kappa shape index (κ3) is 10.4. The lowest BCUT2D eigenvalue weighted by atomic mass is 10.2. The summed E-state index contributed by atoms with van der Waals surface area (Å²) in [5.74, 6) is 0. The molecule has 0 spiro atoms. The van der Waals surface area contributed by atoms with Gasteiger partial charge in [0, 0.05) is 0 Å². The lowest BCUT2D eigenvalue weighted by molar-refractivity contribution is -0.0309. The van der Waals surface area contributed by atoms with Crippen LogP contribution in [0.15, 0.2) is 30.3 Å². The molecule has 1 aromatic rings. The van der Waals surface area contributed by atoms with E-state index in [2.05, 4.69) is 0 Å². The predicted molar refractivity (Wildman–Crippen MR) is 97.5 cm³/mol. The lowest BCUT2D eigenvalue weighted by Gasteiger charge is -2.22. The topological polar surface area (TPSA) is 97.4 Å². The third-order valence-corrected chi connectivity index (χ3v) is 5.34. The molecular weight excluding hydrogens is 383 g/mol. The molecule has 0 aliphatic heterocycles. The van der Waals surface area contributed by atoms with Crippen molar-refractivity contribution in [2.45, 2.75) is 26.6 Å². The van der Waals surface area contributed by atoms with Crippen molar-refractivity contribution in [3.05, 3.63) is 35.9 Å². The van der Waals surface area contributed by atoms with Gasteiger partial charge in [0.05, 0.1) is 39.3 Å². The minimum atomic E-state index is -3.64. The van der Waals surface area contributed by atoms with Crippen LogP contribution in [0.2, 0.25) is 0 Å². The first-order valence-electron chi connectivity index (χ1n) is 8.23. The standard InChI is InChI=1S/C16H27O8PS/c1-4-22-25(17,23-5-2)14-21-16(13-24-26(3,18)19)12-20-11-15-9-7-6-8-10-15/h6-10,16H,4-5,11-14H2,1-3H3/t16-/m1/s1. The first kappa shape index (κ1) is 23.2. The molecule has 8 nitrogen and oxygen atoms in total. The Bertz CT molecular complexity index is 639. The highest BCUT2D eigenvalue weighted by Gasteiger charge is 2.26. The number of rotatable bonds is 14. The van der Waals surface area contributed by atoms with E-state index >= 15 is 0 Å². The number of ether oxygens (including phenoxy) is 2. The molecule has 0 aliphatic carbocycles. The second-order valence-corrected chi connectivity index (χ2v) is 8.99. The SMILES string of the molecule is CCOP(=O)(CO[C@H](COCc1ccccc1)COS(C)(=O)=O)OCC. The zero-order valence-corrected chi connectivity index (χ0v) is 17.0. The Hall–Kier alpha value is -0.800. The highest BCUT2D eigenvalue weighted by molar-refractivity contribution is 7.85. The Balaban J connectivity index is 2.60. The fourth-order valence-corrected chi connectivity index (χ4v) is 3.73. The van der Waals surface area contributed by atoms with E-state index in [1.165, 1.54) is 0 Å². The van der Waals surface area contributed by atoms with Gasteiger partial charge < -0.3 is 18.5 Å². The van der Waals surface area contributed by atoms with Gasteiger partial charge in [0.25, 0.3) is 10.1 Å². The Morgan fingerprint density at radius 3 is 2.19 bits per heavy atom. The fourth-order valence-electron chi connectivity index (χ4n) is 1.93. The van der Waals surface area contributed by atoms with E-state index in [0.717, 1.165) is 11.8 Å². The highest BCUT2D eigenvalue weighted by Crippen LogP contribution is 2.48. The smallest absolute Gasteiger partial charge is 0.356 e. The normalized spacial score (nSPS) is 13.7. The van der Waals surface area contributed by atoms with Crippen molar-refractivity contribution in [3.8, 4) is 0 Å². The Morgan fingerprint density at radius 1 is 1.04 bits per heavy atom. The minimum Gasteiger partial charge on any atom is -0.374 e. The molecule has 0 bridgehead atoms. The van der Waals surface area contributed by atoms with Crippen LogP contribution >= 0.6 is 7.60 Å². The summed E-state index contributed by atoms with van der Waals surface area (Å²) in [5, 5.41) is 0. The van der Waals surface area contributed by atoms with Crippen molar-refractivity contribution < 1.29 is 35.7 Å². The van der Waals surface area contributed by atoms with E-state index in [0.29, 0.717) is 6.61 Å². The van der Waals surface area contributed by atoms with Crippen LogP contribution in [-0.4, -0.2) is 53.6 Å². The Morgan fingerprint density at radius 2 is 1.65 bits per heavy atom. The second-order valence-electron chi connectivity index (χ2n) is 5.35. The molecule has 0 radical (unpaired) electrons. The van der Waals surface area contributed by atoms with Gasteiger partial charge in [0.1, 0.15) is 12.5 Å². The van der Waals surface area contributed by atoms with E-state index in [1.54, 1.807) is 13.8 Å². The van der Waals surface area contributed by atoms with Gasteiger partial charge in [-0.2, -0.15) is 8.42 Å². The van der Waals surface area contributed by atoms with E-state index < -0.39 is 23.8 Å². The molecule has 26 heavy (non-hydrogen) atoms. The molecular formula is C16H27O8PS. The van der Waals surface area contributed by atoms with Gasteiger partial charge in [-0.1, -0.05) is 30.3 Å². The van der Waals surface area contributed by atoms with Crippen molar-refractivity contribution in [3.63, 3.8) is 0 Å². The lowest BCUT2D eigenvalue weighted by Crippen LogP contribution is -2.28. The molecule has 1 atom stereocenters. The summed E-state index contributed by atoms with van der Waals surface area (Å²) in [7, 11) is -7.05. The fraction of sp³-hybridized carbons (Fsp3) is 0.625. The number of hydrogen-bond donors (Lipinski definition) is 0. The van der Waals surface area contributed by atoms with Gasteiger partial charge in [-0.25, -0.2) is 0 Å². The van der Waals surface area contributed by atoms with Crippen LogP contribution < -0.4 is 0 Å². The number of benzene rings is 1. The van der Waals surface area contributed by atoms with Gasteiger partial charge in [0.15, 0.2) is 0 Å². The van der Waals surface area contributed by atoms with Gasteiger partial charge in [-0.3, -0.25) is 8.75 Å². The van der Waals surface area contributed by atoms with Gasteiger partial charge in [0.2, 0.25) is 0 Å². The molecule has 150 valence electrons. The van der Waals surface area contributed by atoms with Gasteiger partial charge in [-0.15, -0.1) is 0 Å². The van der Waals surface area contributed by atoms with Crippen LogP contribution in [-0.2, 0) is 44.0 Å². The second kappa shape index (κ2) is 11.8. The van der Waals surface area contributed by atoms with Crippen LogP contribution in [0.3, 0.4) is 0 Å². The summed E-state index contributed by atoms with van der Waals surface area (Å²) in [6.07, 6.45) is -0.121. The van der Waals surface area contributed by atoms with Gasteiger partial charge in [-0.05, 0) is 19.4 Å². The summed E-state index contributed by atoms with van der Waals surface area (Å²) in [5.41, 5.74) is 0.963. The van der Waals surface area contributed by atoms with Crippen LogP contribution in [0.25, 0.3) is 0 Å². The van der Waals surface area contributed by atoms with Crippen molar-refractivity contribution in [2.75, 3.05) is 39.0 Å². The zero-order valence-electron chi connectivity index (χ0n) is 15.3. The monoisotopic (exact) mass is 410 g/mol. The van der Waals surface area contributed by atoms with Crippen molar-refractivity contribution >= 4 is 17.7 Å². The molecule has 0 unspecified atom stereocenters. The molecule has 1 aromatic carbocycles. The molecule has 0 aliphatic rings. The van der Waals surface area contributed by atoms with Crippen LogP contribution in [0.5, 0.6) is 0 Å². The van der Waals surface area contributed by atoms with Crippen LogP contribution in [0, 0.1) is 0 Å². The molecule has 0 heterocycles. The minimum absolute atomic E-state index is 0.0582. The van der Waals surface area contributed by atoms with Crippen molar-refractivity contribution in [1.29, 1.82) is 0 Å². The van der Waals surface area contributed by atoms with Crippen molar-refractivity contribution in [1.82, 2.24) is 0 Å². The summed E-state index contributed by atoms with van der Waals surface area (Å²) in [6.45, 7) is 3.92. The highest BCUT2D eigenvalue weighted by atomic mass is 32.2. The van der Waals surface area contributed by atoms with E-state index in [-0.39, 0.29) is 32.8 Å². The van der Waals surface area contributed by atoms with Gasteiger partial charge >= 0.3 is 7.60 Å². The van der Waals surface area contributed by atoms with E-state index in [9.17, 15) is 13.0 Å². The maximum atomic E-state index is 12.4. The third-order valence-electron chi connectivity index (χ3n) is 3.00. The number of hydrogen-bond acceptors (Lipinski definition) is 8. The van der Waals surface area contributed by atoms with E-state index in [1.807, 2.05) is 30.3 Å². The summed E-state index contributed by atoms with van der Waals surface area (Å²) < 4.78 is 61.0. The molecule has 0 N–H and O–H groups in total. The molecule has 1 rings (SSSR count). The largest absolute Gasteiger partial charge is 0.374 e. The zero-order chi connectivity index (χ0) is 19.5. The summed E-state index contributed by atoms with van der Waals surface area (Å²) >= 11 is 0. The molecule has 0 fully saturated rings. The van der Waals surface area contributed by atoms with Crippen molar-refractivity contribution in [2.24, 2.45) is 0 Å². The first-order valence-corrected chi connectivity index (χ1v) is 11.8.